The zero-order valence-corrected chi connectivity index (χ0v) is 27.6. The van der Waals surface area contributed by atoms with Crippen molar-refractivity contribution in [1.82, 2.24) is 5.32 Å². The number of benzene rings is 4. The van der Waals surface area contributed by atoms with Crippen molar-refractivity contribution < 1.29 is 33.7 Å². The van der Waals surface area contributed by atoms with Gasteiger partial charge in [-0.05, 0) is 53.1 Å². The molecule has 0 spiro atoms. The number of urea groups is 1. The Morgan fingerprint density at radius 1 is 0.833 bits per heavy atom. The molecule has 0 aliphatic carbocycles. The van der Waals surface area contributed by atoms with Crippen LogP contribution in [0.25, 0.3) is 0 Å². The molecular weight excluding hydrogens is 630 g/mol. The van der Waals surface area contributed by atoms with E-state index in [-0.39, 0.29) is 24.7 Å². The molecule has 11 heteroatoms. The van der Waals surface area contributed by atoms with E-state index >= 15 is 0 Å². The molecule has 10 nitrogen and oxygen atoms in total. The highest BCUT2D eigenvalue weighted by atomic mass is 32.2. The fourth-order valence-electron chi connectivity index (χ4n) is 5.28. The van der Waals surface area contributed by atoms with Gasteiger partial charge in [0.25, 0.3) is 0 Å². The Labute approximate surface area is 284 Å². The average molecular weight is 670 g/mol. The van der Waals surface area contributed by atoms with Crippen LogP contribution in [0.15, 0.2) is 108 Å². The molecule has 1 aliphatic rings. The third-order valence-electron chi connectivity index (χ3n) is 7.74. The van der Waals surface area contributed by atoms with E-state index in [1.54, 1.807) is 23.9 Å². The van der Waals surface area contributed by atoms with Crippen LogP contribution < -0.4 is 16.0 Å². The van der Waals surface area contributed by atoms with Crippen LogP contribution >= 0.6 is 11.8 Å². The summed E-state index contributed by atoms with van der Waals surface area (Å²) in [5, 5.41) is 17.8. The summed E-state index contributed by atoms with van der Waals surface area (Å²) in [5.74, 6) is 0.0220. The summed E-state index contributed by atoms with van der Waals surface area (Å²) in [6.45, 7) is 1.44. The molecule has 0 aromatic heterocycles. The molecule has 0 saturated carbocycles. The first kappa shape index (κ1) is 34.6. The van der Waals surface area contributed by atoms with Gasteiger partial charge in [0.2, 0.25) is 5.91 Å². The van der Waals surface area contributed by atoms with Crippen LogP contribution in [0, 0.1) is 0 Å². The average Bonchev–Trinajstić information content (AvgIpc) is 3.11. The standard InChI is InChI=1S/C37H39N3O7S/c1-24(42)38-29-16-18-32(19-17-29)48-23-31-21-34(27-10-8-26(22-41)9-11-27)47-36(46-31)28-12-14-30(15-13-28)39-37(44)40-33(35(43)45-2)20-25-6-4-3-5-7-25/h3-19,31,33-34,36,41H,20-23H2,1-2H3,(H,38,42)(H2,39,40,44)/t31-,33+,34+,36+/m1/s1. The molecule has 4 N–H and O–H groups in total. The number of nitrogens with one attached hydrogen (secondary N) is 3. The van der Waals surface area contributed by atoms with Crippen LogP contribution in [0.4, 0.5) is 16.2 Å². The number of aliphatic hydroxyl groups excluding tert-OH is 1. The summed E-state index contributed by atoms with van der Waals surface area (Å²) in [4.78, 5) is 37.6. The molecule has 48 heavy (non-hydrogen) atoms. The molecular formula is C37H39N3O7S. The lowest BCUT2D eigenvalue weighted by atomic mass is 10.0. The van der Waals surface area contributed by atoms with Crippen molar-refractivity contribution in [3.05, 3.63) is 125 Å². The monoisotopic (exact) mass is 669 g/mol. The van der Waals surface area contributed by atoms with Gasteiger partial charge < -0.3 is 35.3 Å². The van der Waals surface area contributed by atoms with Gasteiger partial charge in [-0.25, -0.2) is 9.59 Å². The van der Waals surface area contributed by atoms with E-state index in [1.807, 2.05) is 91.0 Å². The predicted octanol–water partition coefficient (Wildman–Crippen LogP) is 6.38. The summed E-state index contributed by atoms with van der Waals surface area (Å²) in [7, 11) is 1.29. The number of anilines is 2. The van der Waals surface area contributed by atoms with Crippen molar-refractivity contribution in [2.45, 2.75) is 55.8 Å². The molecule has 4 aromatic carbocycles. The van der Waals surface area contributed by atoms with Crippen LogP contribution in [0.1, 0.15) is 48.0 Å². The van der Waals surface area contributed by atoms with Crippen LogP contribution in [0.5, 0.6) is 0 Å². The second-order valence-corrected chi connectivity index (χ2v) is 12.4. The Morgan fingerprint density at radius 2 is 1.48 bits per heavy atom. The van der Waals surface area contributed by atoms with Crippen molar-refractivity contribution >= 4 is 41.0 Å². The first-order chi connectivity index (χ1) is 23.3. The van der Waals surface area contributed by atoms with Crippen molar-refractivity contribution in [2.75, 3.05) is 23.5 Å². The molecule has 0 bridgehead atoms. The summed E-state index contributed by atoms with van der Waals surface area (Å²) in [6.07, 6.45) is -0.119. The second-order valence-electron chi connectivity index (χ2n) is 11.4. The van der Waals surface area contributed by atoms with Gasteiger partial charge in [0.1, 0.15) is 6.04 Å². The van der Waals surface area contributed by atoms with Crippen LogP contribution in [-0.4, -0.2) is 48.0 Å². The van der Waals surface area contributed by atoms with E-state index in [9.17, 15) is 19.5 Å². The number of rotatable bonds is 12. The lowest BCUT2D eigenvalue weighted by molar-refractivity contribution is -0.245. The number of ether oxygens (including phenoxy) is 3. The third-order valence-corrected chi connectivity index (χ3v) is 8.88. The molecule has 250 valence electrons. The number of hydrogen-bond acceptors (Lipinski definition) is 8. The SMILES string of the molecule is COC(=O)[C@H](Cc1ccccc1)NC(=O)Nc1ccc([C@H]2O[C@@H](CSc3ccc(NC(C)=O)cc3)C[C@@H](c3ccc(CO)cc3)O2)cc1. The molecule has 5 rings (SSSR count). The highest BCUT2D eigenvalue weighted by molar-refractivity contribution is 7.99. The van der Waals surface area contributed by atoms with Crippen LogP contribution in [-0.2, 0) is 36.8 Å². The summed E-state index contributed by atoms with van der Waals surface area (Å²) >= 11 is 1.66. The first-order valence-electron chi connectivity index (χ1n) is 15.6. The lowest BCUT2D eigenvalue weighted by Gasteiger charge is -2.36. The maximum atomic E-state index is 12.8. The lowest BCUT2D eigenvalue weighted by Crippen LogP contribution is -2.45. The number of thioether (sulfide) groups is 1. The minimum absolute atomic E-state index is 0.0354. The maximum Gasteiger partial charge on any atom is 0.328 e. The topological polar surface area (TPSA) is 135 Å². The van der Waals surface area contributed by atoms with Gasteiger partial charge in [-0.2, -0.15) is 0 Å². The number of methoxy groups -OCH3 is 1. The molecule has 0 radical (unpaired) electrons. The number of esters is 1. The first-order valence-corrected chi connectivity index (χ1v) is 16.6. The highest BCUT2D eigenvalue weighted by Crippen LogP contribution is 2.39. The van der Waals surface area contributed by atoms with Crippen molar-refractivity contribution in [3.8, 4) is 0 Å². The van der Waals surface area contributed by atoms with Gasteiger partial charge in [0.05, 0.1) is 25.9 Å². The van der Waals surface area contributed by atoms with Gasteiger partial charge in [-0.15, -0.1) is 11.8 Å². The minimum atomic E-state index is -0.853. The number of carbonyl (C=O) groups excluding carboxylic acids is 3. The summed E-state index contributed by atoms with van der Waals surface area (Å²) in [6, 6.07) is 30.6. The van der Waals surface area contributed by atoms with E-state index in [0.717, 1.165) is 32.8 Å². The van der Waals surface area contributed by atoms with Gasteiger partial charge in [0.15, 0.2) is 6.29 Å². The minimum Gasteiger partial charge on any atom is -0.467 e. The Bertz CT molecular complexity index is 1650. The number of amides is 3. The predicted molar refractivity (Wildman–Crippen MR) is 184 cm³/mol. The molecule has 4 atom stereocenters. The fraction of sp³-hybridized carbons (Fsp3) is 0.270. The fourth-order valence-corrected chi connectivity index (χ4v) is 6.21. The van der Waals surface area contributed by atoms with E-state index in [0.29, 0.717) is 24.3 Å². The smallest absolute Gasteiger partial charge is 0.328 e. The molecule has 1 heterocycles. The molecule has 0 unspecified atom stereocenters. The number of hydrogen-bond donors (Lipinski definition) is 4. The van der Waals surface area contributed by atoms with Crippen LogP contribution in [0.2, 0.25) is 0 Å². The Morgan fingerprint density at radius 3 is 2.12 bits per heavy atom. The van der Waals surface area contributed by atoms with Gasteiger partial charge in [0, 0.05) is 47.4 Å². The van der Waals surface area contributed by atoms with Crippen molar-refractivity contribution in [3.63, 3.8) is 0 Å². The van der Waals surface area contributed by atoms with Gasteiger partial charge in [-0.3, -0.25) is 4.79 Å². The van der Waals surface area contributed by atoms with E-state index < -0.39 is 24.3 Å². The third kappa shape index (κ3) is 9.91. The largest absolute Gasteiger partial charge is 0.467 e. The second kappa shape index (κ2) is 16.9. The molecule has 1 fully saturated rings. The molecule has 4 aromatic rings. The normalized spacial score (nSPS) is 17.9. The Balaban J connectivity index is 1.25. The quantitative estimate of drug-likeness (QED) is 0.101. The van der Waals surface area contributed by atoms with E-state index in [2.05, 4.69) is 16.0 Å². The Hall–Kier alpha value is -4.68. The van der Waals surface area contributed by atoms with E-state index in [4.69, 9.17) is 14.2 Å². The summed E-state index contributed by atoms with van der Waals surface area (Å²) in [5.41, 5.74) is 4.75. The van der Waals surface area contributed by atoms with Gasteiger partial charge in [-0.1, -0.05) is 66.7 Å². The zero-order valence-electron chi connectivity index (χ0n) is 26.8. The van der Waals surface area contributed by atoms with Gasteiger partial charge >= 0.3 is 12.0 Å². The van der Waals surface area contributed by atoms with E-state index in [1.165, 1.54) is 14.0 Å². The summed E-state index contributed by atoms with van der Waals surface area (Å²) < 4.78 is 17.8. The Kier molecular flexibility index (Phi) is 12.2. The highest BCUT2D eigenvalue weighted by Gasteiger charge is 2.32. The molecule has 3 amide bonds. The van der Waals surface area contributed by atoms with Crippen LogP contribution in [0.3, 0.4) is 0 Å². The van der Waals surface area contributed by atoms with Crippen molar-refractivity contribution in [2.24, 2.45) is 0 Å². The maximum absolute atomic E-state index is 12.8. The molecule has 1 aliphatic heterocycles. The zero-order chi connectivity index (χ0) is 33.9. The number of carbonyl (C=O) groups is 3. The van der Waals surface area contributed by atoms with Crippen molar-refractivity contribution in [1.29, 1.82) is 0 Å². The molecule has 1 saturated heterocycles. The number of aliphatic hydroxyl groups is 1.